The van der Waals surface area contributed by atoms with Gasteiger partial charge >= 0.3 is 5.69 Å². The van der Waals surface area contributed by atoms with Crippen LogP contribution in [-0.4, -0.2) is 27.2 Å². The molecule has 1 unspecified atom stereocenters. The Labute approximate surface area is 123 Å². The van der Waals surface area contributed by atoms with Gasteiger partial charge in [-0.25, -0.2) is 9.78 Å². The van der Waals surface area contributed by atoms with E-state index in [4.69, 9.17) is 16.3 Å². The van der Waals surface area contributed by atoms with Gasteiger partial charge in [0.15, 0.2) is 0 Å². The Kier molecular flexibility index (Phi) is 3.31. The molecule has 0 bridgehead atoms. The Bertz CT molecular complexity index is 800. The molecule has 0 amide bonds. The number of Topliss-reactive ketones (excluding diaryl/α,β-unsaturated/α-hetero) is 2. The first kappa shape index (κ1) is 13.5. The maximum absolute atomic E-state index is 12.2. The lowest BCUT2D eigenvalue weighted by Crippen LogP contribution is -2.36. The number of para-hydroxylation sites is 1. The minimum absolute atomic E-state index is 0.226. The Morgan fingerprint density at radius 3 is 2.86 bits per heavy atom. The second kappa shape index (κ2) is 5.14. The van der Waals surface area contributed by atoms with Gasteiger partial charge in [0.25, 0.3) is 0 Å². The Hall–Kier alpha value is -2.47. The molecule has 0 saturated heterocycles. The smallest absolute Gasteiger partial charge is 0.348 e. The van der Waals surface area contributed by atoms with Crippen molar-refractivity contribution in [1.82, 2.24) is 9.55 Å². The molecule has 2 heterocycles. The van der Waals surface area contributed by atoms with Crippen LogP contribution in [0.5, 0.6) is 5.75 Å². The molecule has 106 valence electrons. The largest absolute Gasteiger partial charge is 0.474 e. The summed E-state index contributed by atoms with van der Waals surface area (Å²) in [6.45, 7) is -0.323. The third-order valence-corrected chi connectivity index (χ3v) is 3.27. The highest BCUT2D eigenvalue weighted by atomic mass is 35.5. The van der Waals surface area contributed by atoms with Crippen LogP contribution in [0.4, 0.5) is 0 Å². The Balaban J connectivity index is 1.83. The average Bonchev–Trinajstić information content (AvgIpc) is 2.81. The van der Waals surface area contributed by atoms with E-state index in [1.165, 1.54) is 12.4 Å². The van der Waals surface area contributed by atoms with E-state index in [1.54, 1.807) is 24.3 Å². The highest BCUT2D eigenvalue weighted by Crippen LogP contribution is 2.28. The predicted octanol–water partition coefficient (Wildman–Crippen LogP) is 1.11. The molecule has 21 heavy (non-hydrogen) atoms. The number of rotatable bonds is 3. The van der Waals surface area contributed by atoms with Crippen LogP contribution in [0.25, 0.3) is 0 Å². The van der Waals surface area contributed by atoms with Gasteiger partial charge in [0.1, 0.15) is 5.75 Å². The zero-order valence-corrected chi connectivity index (χ0v) is 11.4. The number of halogens is 1. The molecule has 2 aromatic rings. The summed E-state index contributed by atoms with van der Waals surface area (Å²) in [5.41, 5.74) is -0.247. The number of ketones is 2. The lowest BCUT2D eigenvalue weighted by Gasteiger charge is -2.09. The van der Waals surface area contributed by atoms with Crippen molar-refractivity contribution in [3.63, 3.8) is 0 Å². The molecule has 0 spiro atoms. The van der Waals surface area contributed by atoms with E-state index >= 15 is 0 Å². The number of fused-ring (bicyclic) bond motifs is 1. The van der Waals surface area contributed by atoms with Gasteiger partial charge in [-0.15, -0.1) is 0 Å². The average molecular weight is 305 g/mol. The van der Waals surface area contributed by atoms with E-state index in [9.17, 15) is 14.4 Å². The van der Waals surface area contributed by atoms with Crippen LogP contribution in [0.1, 0.15) is 10.4 Å². The quantitative estimate of drug-likeness (QED) is 0.794. The summed E-state index contributed by atoms with van der Waals surface area (Å²) in [4.78, 5) is 39.3. The van der Waals surface area contributed by atoms with Crippen molar-refractivity contribution in [3.05, 3.63) is 57.7 Å². The fraction of sp³-hybridized carbons (Fsp3) is 0.143. The van der Waals surface area contributed by atoms with Crippen LogP contribution in [0.3, 0.4) is 0 Å². The van der Waals surface area contributed by atoms with Gasteiger partial charge in [-0.1, -0.05) is 23.7 Å². The maximum Gasteiger partial charge on any atom is 0.348 e. The normalized spacial score (nSPS) is 16.4. The van der Waals surface area contributed by atoms with Crippen molar-refractivity contribution in [2.24, 2.45) is 0 Å². The van der Waals surface area contributed by atoms with E-state index in [1.807, 2.05) is 0 Å². The fourth-order valence-electron chi connectivity index (χ4n) is 2.10. The molecule has 7 heteroatoms. The minimum atomic E-state index is -1.23. The van der Waals surface area contributed by atoms with E-state index in [2.05, 4.69) is 4.98 Å². The zero-order chi connectivity index (χ0) is 15.0. The number of nitrogens with zero attached hydrogens (tertiary/aromatic N) is 2. The van der Waals surface area contributed by atoms with E-state index in [0.29, 0.717) is 11.3 Å². The standard InChI is InChI=1S/C14H9ClN2O4/c15-8-5-16-14(20)17(6-8)7-10(18)13-12(19)9-3-1-2-4-11(9)21-13/h1-6,13H,7H2. The van der Waals surface area contributed by atoms with Crippen LogP contribution >= 0.6 is 11.6 Å². The van der Waals surface area contributed by atoms with Crippen LogP contribution in [0.15, 0.2) is 41.5 Å². The van der Waals surface area contributed by atoms with Crippen molar-refractivity contribution < 1.29 is 14.3 Å². The first-order valence-electron chi connectivity index (χ1n) is 6.11. The van der Waals surface area contributed by atoms with Gasteiger partial charge in [-0.3, -0.25) is 14.2 Å². The molecule has 0 fully saturated rings. The van der Waals surface area contributed by atoms with Gasteiger partial charge in [0, 0.05) is 6.20 Å². The number of hydrogen-bond acceptors (Lipinski definition) is 5. The highest BCUT2D eigenvalue weighted by molar-refractivity contribution is 6.30. The summed E-state index contributed by atoms with van der Waals surface area (Å²) in [6.07, 6.45) is 1.26. The fourth-order valence-corrected chi connectivity index (χ4v) is 2.27. The summed E-state index contributed by atoms with van der Waals surface area (Å²) in [7, 11) is 0. The molecule has 1 aromatic heterocycles. The van der Waals surface area contributed by atoms with E-state index < -0.39 is 23.4 Å². The van der Waals surface area contributed by atoms with Crippen molar-refractivity contribution in [2.45, 2.75) is 12.6 Å². The minimum Gasteiger partial charge on any atom is -0.474 e. The molecule has 1 aromatic carbocycles. The summed E-state index contributed by atoms with van der Waals surface area (Å²) in [5.74, 6) is -0.557. The first-order valence-corrected chi connectivity index (χ1v) is 6.48. The van der Waals surface area contributed by atoms with Crippen LogP contribution in [0.2, 0.25) is 5.02 Å². The van der Waals surface area contributed by atoms with Crippen molar-refractivity contribution in [2.75, 3.05) is 0 Å². The second-order valence-corrected chi connectivity index (χ2v) is 4.94. The number of benzene rings is 1. The maximum atomic E-state index is 12.2. The lowest BCUT2D eigenvalue weighted by atomic mass is 10.1. The van der Waals surface area contributed by atoms with Crippen molar-refractivity contribution >= 4 is 23.2 Å². The topological polar surface area (TPSA) is 78.3 Å². The van der Waals surface area contributed by atoms with E-state index in [-0.39, 0.29) is 11.6 Å². The highest BCUT2D eigenvalue weighted by Gasteiger charge is 2.37. The van der Waals surface area contributed by atoms with Crippen molar-refractivity contribution in [3.8, 4) is 5.75 Å². The van der Waals surface area contributed by atoms with Gasteiger partial charge in [-0.05, 0) is 12.1 Å². The lowest BCUT2D eigenvalue weighted by molar-refractivity contribution is -0.124. The van der Waals surface area contributed by atoms with Gasteiger partial charge in [0.05, 0.1) is 23.3 Å². The van der Waals surface area contributed by atoms with Crippen LogP contribution in [0, 0.1) is 0 Å². The molecule has 6 nitrogen and oxygen atoms in total. The molecule has 1 aliphatic rings. The van der Waals surface area contributed by atoms with Crippen LogP contribution in [-0.2, 0) is 11.3 Å². The third-order valence-electron chi connectivity index (χ3n) is 3.08. The molecule has 0 saturated carbocycles. The van der Waals surface area contributed by atoms with E-state index in [0.717, 1.165) is 4.57 Å². The van der Waals surface area contributed by atoms with Gasteiger partial charge in [-0.2, -0.15) is 0 Å². The summed E-state index contributed by atoms with van der Waals surface area (Å²) < 4.78 is 6.40. The zero-order valence-electron chi connectivity index (χ0n) is 10.7. The molecule has 3 rings (SSSR count). The van der Waals surface area contributed by atoms with Crippen molar-refractivity contribution in [1.29, 1.82) is 0 Å². The SMILES string of the molecule is O=C(Cn1cc(Cl)cnc1=O)C1Oc2ccccc2C1=O. The molecule has 0 N–H and O–H groups in total. The number of ether oxygens (including phenoxy) is 1. The molecular weight excluding hydrogens is 296 g/mol. The number of aromatic nitrogens is 2. The molecule has 1 aliphatic heterocycles. The molecule has 1 atom stereocenters. The summed E-state index contributed by atoms with van der Waals surface area (Å²) >= 11 is 5.73. The second-order valence-electron chi connectivity index (χ2n) is 4.51. The predicted molar refractivity (Wildman–Crippen MR) is 73.7 cm³/mol. The first-order chi connectivity index (χ1) is 10.1. The van der Waals surface area contributed by atoms with Gasteiger partial charge in [0.2, 0.25) is 17.7 Å². The molecule has 0 aliphatic carbocycles. The third kappa shape index (κ3) is 2.45. The number of carbonyl (C=O) groups excluding carboxylic acids is 2. The molecule has 0 radical (unpaired) electrons. The molecular formula is C14H9ClN2O4. The summed E-state index contributed by atoms with van der Waals surface area (Å²) in [6, 6.07) is 6.62. The monoisotopic (exact) mass is 304 g/mol. The Morgan fingerprint density at radius 2 is 2.10 bits per heavy atom. The number of hydrogen-bond donors (Lipinski definition) is 0. The Morgan fingerprint density at radius 1 is 1.33 bits per heavy atom. The van der Waals surface area contributed by atoms with Gasteiger partial charge < -0.3 is 4.74 Å². The van der Waals surface area contributed by atoms with Crippen LogP contribution < -0.4 is 10.4 Å². The number of carbonyl (C=O) groups is 2. The summed E-state index contributed by atoms with van der Waals surface area (Å²) in [5, 5.41) is 0.226.